The number of halogens is 2. The predicted octanol–water partition coefficient (Wildman–Crippen LogP) is 4.21. The van der Waals surface area contributed by atoms with Gasteiger partial charge in [-0.2, -0.15) is 0 Å². The Balaban J connectivity index is 2.64. The first kappa shape index (κ1) is 15.0. The molecule has 104 valence electrons. The van der Waals surface area contributed by atoms with Gasteiger partial charge in [0.05, 0.1) is 12.1 Å². The Hall–Kier alpha value is -1.43. The highest BCUT2D eigenvalue weighted by atomic mass is 35.5. The van der Waals surface area contributed by atoms with Gasteiger partial charge in [-0.05, 0) is 25.1 Å². The van der Waals surface area contributed by atoms with Gasteiger partial charge in [0.15, 0.2) is 0 Å². The van der Waals surface area contributed by atoms with Crippen LogP contribution in [0.15, 0.2) is 18.2 Å². The smallest absolute Gasteiger partial charge is 0.342 e. The maximum absolute atomic E-state index is 11.6. The van der Waals surface area contributed by atoms with Crippen LogP contribution in [-0.2, 0) is 4.74 Å². The number of esters is 1. The third kappa shape index (κ3) is 2.85. The molecular formula is C13H10Cl2N2O2S. The summed E-state index contributed by atoms with van der Waals surface area (Å²) in [7, 11) is 1.29. The molecule has 0 aliphatic heterocycles. The summed E-state index contributed by atoms with van der Waals surface area (Å²) >= 11 is 17.2. The lowest BCUT2D eigenvalue weighted by Gasteiger charge is -2.09. The van der Waals surface area contributed by atoms with Crippen molar-refractivity contribution in [3.63, 3.8) is 0 Å². The van der Waals surface area contributed by atoms with Gasteiger partial charge < -0.3 is 9.72 Å². The molecule has 1 heterocycles. The van der Waals surface area contributed by atoms with Crippen LogP contribution in [0.4, 0.5) is 0 Å². The average molecular weight is 329 g/mol. The lowest BCUT2D eigenvalue weighted by Crippen LogP contribution is -2.09. The number of hydrogen-bond acceptors (Lipinski definition) is 4. The summed E-state index contributed by atoms with van der Waals surface area (Å²) in [6, 6.07) is 5.02. The molecular weight excluding hydrogens is 319 g/mol. The lowest BCUT2D eigenvalue weighted by molar-refractivity contribution is 0.0598. The number of carbonyl (C=O) groups is 1. The summed E-state index contributed by atoms with van der Waals surface area (Å²) in [5.74, 6) is -0.0763. The number of nitrogens with zero attached hydrogens (tertiary/aromatic N) is 1. The normalized spacial score (nSPS) is 10.4. The van der Waals surface area contributed by atoms with Gasteiger partial charge in [0.2, 0.25) is 0 Å². The monoisotopic (exact) mass is 328 g/mol. The van der Waals surface area contributed by atoms with Crippen LogP contribution < -0.4 is 0 Å². The number of aryl methyl sites for hydroxylation is 1. The second kappa shape index (κ2) is 5.91. The lowest BCUT2D eigenvalue weighted by atomic mass is 10.2. The summed E-state index contributed by atoms with van der Waals surface area (Å²) in [4.78, 5) is 18.8. The molecule has 0 spiro atoms. The number of aromatic nitrogens is 2. The van der Waals surface area contributed by atoms with Gasteiger partial charge >= 0.3 is 5.97 Å². The number of H-pyrrole nitrogens is 1. The SMILES string of the molecule is COC(=O)c1c(C)[nH]c(-c2cc(Cl)ccc2Cl)nc1=S. The number of methoxy groups -OCH3 is 1. The number of nitrogens with one attached hydrogen (secondary N) is 1. The average Bonchev–Trinajstić information content (AvgIpc) is 2.40. The summed E-state index contributed by atoms with van der Waals surface area (Å²) < 4.78 is 4.83. The Morgan fingerprint density at radius 3 is 2.70 bits per heavy atom. The Morgan fingerprint density at radius 1 is 1.40 bits per heavy atom. The fourth-order valence-corrected chi connectivity index (χ4v) is 2.44. The number of aromatic amines is 1. The minimum atomic E-state index is -0.528. The maximum atomic E-state index is 11.6. The van der Waals surface area contributed by atoms with E-state index in [1.54, 1.807) is 25.1 Å². The molecule has 1 N–H and O–H groups in total. The maximum Gasteiger partial charge on any atom is 0.342 e. The largest absolute Gasteiger partial charge is 0.465 e. The molecule has 7 heteroatoms. The molecule has 0 aliphatic carbocycles. The van der Waals surface area contributed by atoms with E-state index in [-0.39, 0.29) is 10.2 Å². The van der Waals surface area contributed by atoms with E-state index in [0.29, 0.717) is 27.1 Å². The molecule has 0 saturated carbocycles. The molecule has 0 radical (unpaired) electrons. The molecule has 0 fully saturated rings. The second-order valence-corrected chi connectivity index (χ2v) is 5.24. The molecule has 0 aliphatic rings. The molecule has 0 atom stereocenters. The first-order valence-corrected chi connectivity index (χ1v) is 6.75. The van der Waals surface area contributed by atoms with Gasteiger partial charge in [-0.3, -0.25) is 0 Å². The minimum absolute atomic E-state index is 0.152. The zero-order valence-corrected chi connectivity index (χ0v) is 13.0. The van der Waals surface area contributed by atoms with Crippen LogP contribution in [0.3, 0.4) is 0 Å². The fourth-order valence-electron chi connectivity index (χ4n) is 1.73. The molecule has 0 bridgehead atoms. The molecule has 1 aromatic carbocycles. The Morgan fingerprint density at radius 2 is 2.10 bits per heavy atom. The van der Waals surface area contributed by atoms with E-state index in [1.165, 1.54) is 7.11 Å². The van der Waals surface area contributed by atoms with Crippen molar-refractivity contribution in [1.82, 2.24) is 9.97 Å². The fraction of sp³-hybridized carbons (Fsp3) is 0.154. The molecule has 4 nitrogen and oxygen atoms in total. The number of carbonyl (C=O) groups excluding carboxylic acids is 1. The quantitative estimate of drug-likeness (QED) is 0.662. The Labute approximate surface area is 130 Å². The number of hydrogen-bond donors (Lipinski definition) is 1. The third-order valence-corrected chi connectivity index (χ3v) is 3.54. The zero-order chi connectivity index (χ0) is 14.9. The molecule has 0 unspecified atom stereocenters. The van der Waals surface area contributed by atoms with Gasteiger partial charge in [0, 0.05) is 16.3 Å². The second-order valence-electron chi connectivity index (χ2n) is 4.01. The van der Waals surface area contributed by atoms with Crippen molar-refractivity contribution in [2.45, 2.75) is 6.92 Å². The van der Waals surface area contributed by atoms with Crippen molar-refractivity contribution in [3.8, 4) is 11.4 Å². The molecule has 2 rings (SSSR count). The Kier molecular flexibility index (Phi) is 4.42. The van der Waals surface area contributed by atoms with E-state index < -0.39 is 5.97 Å². The minimum Gasteiger partial charge on any atom is -0.465 e. The van der Waals surface area contributed by atoms with Crippen molar-refractivity contribution < 1.29 is 9.53 Å². The topological polar surface area (TPSA) is 55.0 Å². The van der Waals surface area contributed by atoms with Crippen LogP contribution in [0.25, 0.3) is 11.4 Å². The van der Waals surface area contributed by atoms with Crippen LogP contribution in [-0.4, -0.2) is 23.0 Å². The molecule has 1 aromatic heterocycles. The first-order chi connectivity index (χ1) is 9.43. The van der Waals surface area contributed by atoms with Crippen molar-refractivity contribution >= 4 is 41.4 Å². The van der Waals surface area contributed by atoms with Crippen molar-refractivity contribution in [2.24, 2.45) is 0 Å². The zero-order valence-electron chi connectivity index (χ0n) is 10.7. The van der Waals surface area contributed by atoms with Crippen LogP contribution >= 0.6 is 35.4 Å². The molecule has 0 amide bonds. The van der Waals surface area contributed by atoms with Gasteiger partial charge in [-0.15, -0.1) is 0 Å². The van der Waals surface area contributed by atoms with Crippen molar-refractivity contribution in [3.05, 3.63) is 44.1 Å². The highest BCUT2D eigenvalue weighted by molar-refractivity contribution is 7.71. The van der Waals surface area contributed by atoms with E-state index in [0.717, 1.165) is 0 Å². The van der Waals surface area contributed by atoms with Crippen LogP contribution in [0.2, 0.25) is 10.0 Å². The van der Waals surface area contributed by atoms with Crippen molar-refractivity contribution in [1.29, 1.82) is 0 Å². The van der Waals surface area contributed by atoms with E-state index in [9.17, 15) is 4.79 Å². The van der Waals surface area contributed by atoms with Crippen molar-refractivity contribution in [2.75, 3.05) is 7.11 Å². The number of ether oxygens (including phenoxy) is 1. The molecule has 0 saturated heterocycles. The highest BCUT2D eigenvalue weighted by Gasteiger charge is 2.16. The van der Waals surface area contributed by atoms with E-state index in [1.807, 2.05) is 0 Å². The number of benzene rings is 1. The van der Waals surface area contributed by atoms with E-state index in [2.05, 4.69) is 14.7 Å². The van der Waals surface area contributed by atoms with Crippen LogP contribution in [0.5, 0.6) is 0 Å². The third-order valence-electron chi connectivity index (χ3n) is 2.68. The van der Waals surface area contributed by atoms with Crippen LogP contribution in [0.1, 0.15) is 16.1 Å². The van der Waals surface area contributed by atoms with Crippen LogP contribution in [0, 0.1) is 11.6 Å². The summed E-state index contributed by atoms with van der Waals surface area (Å²) in [5.41, 5.74) is 1.41. The van der Waals surface area contributed by atoms with E-state index in [4.69, 9.17) is 35.4 Å². The van der Waals surface area contributed by atoms with E-state index >= 15 is 0 Å². The summed E-state index contributed by atoms with van der Waals surface area (Å²) in [5, 5.41) is 1.01. The summed E-state index contributed by atoms with van der Waals surface area (Å²) in [6.45, 7) is 1.71. The standard InChI is InChI=1S/C13H10Cl2N2O2S/c1-6-10(13(18)19-2)12(20)17-11(16-6)8-5-7(14)3-4-9(8)15/h3-5H,1-2H3,(H,16,17,20). The summed E-state index contributed by atoms with van der Waals surface area (Å²) in [6.07, 6.45) is 0. The van der Waals surface area contributed by atoms with Gasteiger partial charge in [-0.25, -0.2) is 9.78 Å². The van der Waals surface area contributed by atoms with Gasteiger partial charge in [0.1, 0.15) is 16.0 Å². The van der Waals surface area contributed by atoms with Gasteiger partial charge in [-0.1, -0.05) is 35.4 Å². The van der Waals surface area contributed by atoms with Gasteiger partial charge in [0.25, 0.3) is 0 Å². The predicted molar refractivity (Wildman–Crippen MR) is 81.0 cm³/mol. The number of rotatable bonds is 2. The molecule has 2 aromatic rings. The first-order valence-electron chi connectivity index (χ1n) is 5.58. The molecule has 20 heavy (non-hydrogen) atoms. The Bertz CT molecular complexity index is 744. The highest BCUT2D eigenvalue weighted by Crippen LogP contribution is 2.28.